The predicted molar refractivity (Wildman–Crippen MR) is 97.4 cm³/mol. The third kappa shape index (κ3) is 3.22. The first kappa shape index (κ1) is 17.8. The fourth-order valence-corrected chi connectivity index (χ4v) is 5.90. The fraction of sp³-hybridized carbons (Fsp3) is 0.632. The van der Waals surface area contributed by atoms with Crippen molar-refractivity contribution in [1.82, 2.24) is 9.21 Å². The van der Waals surface area contributed by atoms with Crippen LogP contribution in [0.2, 0.25) is 0 Å². The number of likely N-dealkylation sites (tertiary alicyclic amines) is 1. The van der Waals surface area contributed by atoms with E-state index in [2.05, 4.69) is 0 Å². The molecule has 4 rings (SSSR count). The summed E-state index contributed by atoms with van der Waals surface area (Å²) in [5.74, 6) is 1.02. The summed E-state index contributed by atoms with van der Waals surface area (Å²) in [7, 11) is -3.60. The molecule has 26 heavy (non-hydrogen) atoms. The lowest BCUT2D eigenvalue weighted by atomic mass is 10.1. The number of sulfonamides is 1. The zero-order chi connectivity index (χ0) is 18.3. The minimum Gasteiger partial charge on any atom is -0.487 e. The van der Waals surface area contributed by atoms with E-state index in [0.29, 0.717) is 50.6 Å². The smallest absolute Gasteiger partial charge is 0.247 e. The molecule has 1 saturated heterocycles. The van der Waals surface area contributed by atoms with Crippen LogP contribution in [0.15, 0.2) is 29.2 Å². The van der Waals surface area contributed by atoms with Crippen molar-refractivity contribution in [3.05, 3.63) is 24.3 Å². The molecular weight excluding hydrogens is 352 g/mol. The second-order valence-electron chi connectivity index (χ2n) is 7.50. The number of nitrogens with zero attached hydrogens (tertiary/aromatic N) is 2. The topological polar surface area (TPSA) is 66.9 Å². The van der Waals surface area contributed by atoms with Crippen LogP contribution in [0.1, 0.15) is 39.0 Å². The van der Waals surface area contributed by atoms with Crippen molar-refractivity contribution in [1.29, 1.82) is 0 Å². The summed E-state index contributed by atoms with van der Waals surface area (Å²) in [6.45, 7) is 3.63. The third-order valence-corrected chi connectivity index (χ3v) is 7.61. The SMILES string of the molecule is CCC(=O)N1CC[C@@H]2Oc3ccccc3S(=O)(=O)N(CC3CC3)[C@H]2CC1. The Morgan fingerprint density at radius 3 is 2.62 bits per heavy atom. The quantitative estimate of drug-likeness (QED) is 0.809. The van der Waals surface area contributed by atoms with Gasteiger partial charge in [0.05, 0.1) is 6.04 Å². The van der Waals surface area contributed by atoms with Crippen LogP contribution in [-0.4, -0.2) is 55.3 Å². The lowest BCUT2D eigenvalue weighted by molar-refractivity contribution is -0.130. The molecule has 0 aromatic heterocycles. The molecule has 0 unspecified atom stereocenters. The van der Waals surface area contributed by atoms with Crippen molar-refractivity contribution < 1.29 is 17.9 Å². The molecule has 1 aromatic carbocycles. The zero-order valence-electron chi connectivity index (χ0n) is 15.1. The Hall–Kier alpha value is -1.60. The number of rotatable bonds is 3. The Labute approximate surface area is 155 Å². The predicted octanol–water partition coefficient (Wildman–Crippen LogP) is 2.25. The molecule has 1 aliphatic carbocycles. The van der Waals surface area contributed by atoms with Crippen molar-refractivity contribution in [3.8, 4) is 5.75 Å². The van der Waals surface area contributed by atoms with Gasteiger partial charge in [-0.05, 0) is 37.3 Å². The highest BCUT2D eigenvalue weighted by Crippen LogP contribution is 2.39. The van der Waals surface area contributed by atoms with Crippen LogP contribution in [0.5, 0.6) is 5.75 Å². The van der Waals surface area contributed by atoms with Gasteiger partial charge in [-0.2, -0.15) is 4.31 Å². The van der Waals surface area contributed by atoms with Gasteiger partial charge in [0, 0.05) is 32.5 Å². The molecule has 3 aliphatic rings. The molecule has 142 valence electrons. The molecule has 1 aromatic rings. The van der Waals surface area contributed by atoms with Gasteiger partial charge in [0.1, 0.15) is 16.7 Å². The van der Waals surface area contributed by atoms with Gasteiger partial charge < -0.3 is 9.64 Å². The molecule has 1 saturated carbocycles. The highest BCUT2D eigenvalue weighted by molar-refractivity contribution is 7.89. The van der Waals surface area contributed by atoms with Crippen molar-refractivity contribution in [3.63, 3.8) is 0 Å². The number of para-hydroxylation sites is 1. The van der Waals surface area contributed by atoms with Gasteiger partial charge in [0.2, 0.25) is 15.9 Å². The first-order valence-corrected chi connectivity index (χ1v) is 11.0. The minimum atomic E-state index is -3.60. The van der Waals surface area contributed by atoms with Crippen LogP contribution >= 0.6 is 0 Å². The van der Waals surface area contributed by atoms with Gasteiger partial charge in [-0.25, -0.2) is 8.42 Å². The molecule has 0 bridgehead atoms. The lowest BCUT2D eigenvalue weighted by Crippen LogP contribution is -2.48. The molecule has 2 heterocycles. The zero-order valence-corrected chi connectivity index (χ0v) is 16.0. The van der Waals surface area contributed by atoms with Crippen LogP contribution in [0.25, 0.3) is 0 Å². The molecule has 6 nitrogen and oxygen atoms in total. The van der Waals surface area contributed by atoms with E-state index in [9.17, 15) is 13.2 Å². The third-order valence-electron chi connectivity index (χ3n) is 5.68. The number of fused-ring (bicyclic) bond motifs is 2. The van der Waals surface area contributed by atoms with Gasteiger partial charge in [-0.15, -0.1) is 0 Å². The van der Waals surface area contributed by atoms with E-state index in [1.807, 2.05) is 17.9 Å². The average Bonchev–Trinajstić information content (AvgIpc) is 3.46. The van der Waals surface area contributed by atoms with Crippen LogP contribution in [0.3, 0.4) is 0 Å². The van der Waals surface area contributed by atoms with Crippen LogP contribution < -0.4 is 4.74 Å². The molecule has 1 amide bonds. The Balaban J connectivity index is 1.71. The van der Waals surface area contributed by atoms with Crippen molar-refractivity contribution in [2.45, 2.75) is 56.1 Å². The van der Waals surface area contributed by atoms with Crippen LogP contribution in [0, 0.1) is 5.92 Å². The van der Waals surface area contributed by atoms with Crippen LogP contribution in [-0.2, 0) is 14.8 Å². The molecule has 2 atom stereocenters. The van der Waals surface area contributed by atoms with Gasteiger partial charge in [0.25, 0.3) is 0 Å². The van der Waals surface area contributed by atoms with E-state index in [-0.39, 0.29) is 22.9 Å². The molecule has 0 radical (unpaired) electrons. The Morgan fingerprint density at radius 1 is 1.15 bits per heavy atom. The summed E-state index contributed by atoms with van der Waals surface area (Å²) < 4.78 is 34.7. The number of hydrogen-bond acceptors (Lipinski definition) is 4. The van der Waals surface area contributed by atoms with Gasteiger partial charge in [-0.3, -0.25) is 4.79 Å². The number of benzene rings is 1. The first-order valence-electron chi connectivity index (χ1n) is 9.56. The van der Waals surface area contributed by atoms with E-state index in [4.69, 9.17) is 4.74 Å². The number of ether oxygens (including phenoxy) is 1. The summed E-state index contributed by atoms with van der Waals surface area (Å²) >= 11 is 0. The monoisotopic (exact) mass is 378 g/mol. The van der Waals surface area contributed by atoms with E-state index in [0.717, 1.165) is 12.8 Å². The Kier molecular flexibility index (Phi) is 4.69. The first-order chi connectivity index (χ1) is 12.5. The molecular formula is C19H26N2O4S. The lowest BCUT2D eigenvalue weighted by Gasteiger charge is -2.31. The van der Waals surface area contributed by atoms with Gasteiger partial charge >= 0.3 is 0 Å². The van der Waals surface area contributed by atoms with E-state index >= 15 is 0 Å². The Morgan fingerprint density at radius 2 is 1.88 bits per heavy atom. The number of carbonyl (C=O) groups is 1. The molecule has 0 N–H and O–H groups in total. The summed E-state index contributed by atoms with van der Waals surface area (Å²) in [6, 6.07) is 6.72. The summed E-state index contributed by atoms with van der Waals surface area (Å²) in [5.41, 5.74) is 0. The molecule has 2 aliphatic heterocycles. The van der Waals surface area contributed by atoms with Crippen molar-refractivity contribution in [2.75, 3.05) is 19.6 Å². The second-order valence-corrected chi connectivity index (χ2v) is 9.36. The highest BCUT2D eigenvalue weighted by atomic mass is 32.2. The number of carbonyl (C=O) groups excluding carboxylic acids is 1. The summed E-state index contributed by atoms with van der Waals surface area (Å²) in [4.78, 5) is 14.3. The largest absolute Gasteiger partial charge is 0.487 e. The van der Waals surface area contributed by atoms with Gasteiger partial charge in [0.15, 0.2) is 0 Å². The average molecular weight is 378 g/mol. The number of hydrogen-bond donors (Lipinski definition) is 0. The standard InChI is InChI=1S/C19H26N2O4S/c1-2-19(22)20-11-9-15-16(10-12-20)25-17-5-3-4-6-18(17)26(23,24)21(15)13-14-7-8-14/h3-6,14-16H,2,7-13H2,1H3/t15-,16-/m0/s1. The number of amides is 1. The van der Waals surface area contributed by atoms with E-state index in [1.54, 1.807) is 22.5 Å². The maximum atomic E-state index is 13.4. The van der Waals surface area contributed by atoms with E-state index < -0.39 is 10.0 Å². The normalized spacial score (nSPS) is 28.3. The molecule has 0 spiro atoms. The maximum absolute atomic E-state index is 13.4. The fourth-order valence-electron chi connectivity index (χ4n) is 4.02. The summed E-state index contributed by atoms with van der Waals surface area (Å²) in [6.07, 6.45) is 3.71. The summed E-state index contributed by atoms with van der Waals surface area (Å²) in [5, 5.41) is 0. The van der Waals surface area contributed by atoms with E-state index in [1.165, 1.54) is 0 Å². The second kappa shape index (κ2) is 6.85. The Bertz CT molecular complexity index is 790. The maximum Gasteiger partial charge on any atom is 0.247 e. The van der Waals surface area contributed by atoms with Crippen molar-refractivity contribution in [2.24, 2.45) is 5.92 Å². The van der Waals surface area contributed by atoms with Crippen molar-refractivity contribution >= 4 is 15.9 Å². The molecule has 7 heteroatoms. The minimum absolute atomic E-state index is 0.124. The molecule has 2 fully saturated rings. The van der Waals surface area contributed by atoms with Gasteiger partial charge in [-0.1, -0.05) is 19.1 Å². The van der Waals surface area contributed by atoms with Crippen LogP contribution in [0.4, 0.5) is 0 Å². The highest BCUT2D eigenvalue weighted by Gasteiger charge is 2.45.